The molecular formula is C88H102N9O24S5+. The molecular weight excluding hydrogens is 1730 g/mol. The number of aryl methyl sites for hydroxylation is 2. The Kier molecular flexibility index (Phi) is 32.7. The second-order valence-electron chi connectivity index (χ2n) is 31.4. The summed E-state index contributed by atoms with van der Waals surface area (Å²) in [6.07, 6.45) is 23.3. The molecule has 4 aliphatic rings. The number of carboxylic acid groups (broad SMARTS) is 2. The van der Waals surface area contributed by atoms with Crippen LogP contribution in [0.15, 0.2) is 220 Å². The number of benzene rings is 5. The van der Waals surface area contributed by atoms with Crippen LogP contribution in [-0.4, -0.2) is 189 Å². The topological polar surface area (TPSA) is 467 Å². The van der Waals surface area contributed by atoms with Crippen molar-refractivity contribution in [3.63, 3.8) is 0 Å². The van der Waals surface area contributed by atoms with Crippen molar-refractivity contribution in [1.29, 1.82) is 0 Å². The fourth-order valence-corrected chi connectivity index (χ4v) is 16.9. The molecule has 6 heterocycles. The monoisotopic (exact) mass is 1830 g/mol. The number of pyridine rings is 2. The molecule has 4 N–H and O–H groups in total. The van der Waals surface area contributed by atoms with Gasteiger partial charge in [0.2, 0.25) is 11.6 Å². The van der Waals surface area contributed by atoms with Crippen LogP contribution in [0.5, 0.6) is 0 Å². The molecule has 126 heavy (non-hydrogen) atoms. The first-order valence-corrected chi connectivity index (χ1v) is 46.6. The van der Waals surface area contributed by atoms with E-state index >= 15 is 0 Å². The number of aliphatic imine (C=N–C) groups is 2. The van der Waals surface area contributed by atoms with Crippen molar-refractivity contribution in [3.05, 3.63) is 256 Å². The highest BCUT2D eigenvalue weighted by atomic mass is 32.2. The molecule has 2 unspecified atom stereocenters. The first kappa shape index (κ1) is 99.9. The number of carbonyl (C=O) groups excluding carboxylic acids is 3. The lowest BCUT2D eigenvalue weighted by Gasteiger charge is -2.30. The molecule has 0 aliphatic carbocycles. The minimum absolute atomic E-state index is 0.0735. The predicted molar refractivity (Wildman–Crippen MR) is 469 cm³/mol. The Morgan fingerprint density at radius 1 is 0.556 bits per heavy atom. The van der Waals surface area contributed by atoms with Crippen molar-refractivity contribution < 1.29 is 122 Å². The zero-order chi connectivity index (χ0) is 93.6. The first-order valence-electron chi connectivity index (χ1n) is 39.5. The number of aromatic carboxylic acids is 2. The van der Waals surface area contributed by atoms with Crippen molar-refractivity contribution >= 4 is 127 Å². The molecule has 5 aromatic carbocycles. The van der Waals surface area contributed by atoms with Gasteiger partial charge in [-0.15, -0.1) is 12.6 Å². The predicted octanol–water partition coefficient (Wildman–Crippen LogP) is 11.0. The molecule has 2 aromatic heterocycles. The number of rotatable bonds is 31. The van der Waals surface area contributed by atoms with Crippen LogP contribution in [0, 0.1) is 0 Å². The highest BCUT2D eigenvalue weighted by molar-refractivity contribution is 7.86. The second kappa shape index (κ2) is 41.3. The lowest BCUT2D eigenvalue weighted by molar-refractivity contribution is -0.684. The summed E-state index contributed by atoms with van der Waals surface area (Å²) in [5.41, 5.74) is 8.34. The third-order valence-electron chi connectivity index (χ3n) is 22.0. The van der Waals surface area contributed by atoms with Gasteiger partial charge in [0.25, 0.3) is 32.1 Å². The fourth-order valence-electron chi connectivity index (χ4n) is 15.0. The molecule has 672 valence electrons. The van der Waals surface area contributed by atoms with Gasteiger partial charge in [0, 0.05) is 79.7 Å². The van der Waals surface area contributed by atoms with E-state index in [1.54, 1.807) is 133 Å². The van der Waals surface area contributed by atoms with Crippen LogP contribution in [0.4, 0.5) is 28.7 Å². The summed E-state index contributed by atoms with van der Waals surface area (Å²) in [5, 5.41) is 21.1. The molecule has 0 fully saturated rings. The summed E-state index contributed by atoms with van der Waals surface area (Å²) in [7, 11) is -15.1. The minimum atomic E-state index is -4.63. The Morgan fingerprint density at radius 3 is 1.52 bits per heavy atom. The van der Waals surface area contributed by atoms with E-state index in [0.717, 1.165) is 81.7 Å². The third-order valence-corrected chi connectivity index (χ3v) is 25.2. The van der Waals surface area contributed by atoms with Crippen LogP contribution in [-0.2, 0) is 113 Å². The number of hydrogen-bond acceptors (Lipinski definition) is 23. The molecule has 11 rings (SSSR count). The van der Waals surface area contributed by atoms with Crippen molar-refractivity contribution in [1.82, 2.24) is 10.1 Å². The van der Waals surface area contributed by atoms with Gasteiger partial charge in [-0.1, -0.05) is 87.0 Å². The van der Waals surface area contributed by atoms with Crippen molar-refractivity contribution in [2.24, 2.45) is 9.98 Å². The van der Waals surface area contributed by atoms with Gasteiger partial charge in [-0.05, 0) is 204 Å². The van der Waals surface area contributed by atoms with Gasteiger partial charge in [-0.3, -0.25) is 38.1 Å². The van der Waals surface area contributed by atoms with E-state index in [9.17, 15) is 86.1 Å². The number of unbranched alkanes of at least 4 members (excludes halogenated alkanes) is 1. The summed E-state index contributed by atoms with van der Waals surface area (Å²) in [4.78, 5) is 83.6. The minimum Gasteiger partial charge on any atom is -0.748 e. The Bertz CT molecular complexity index is 6230. The number of hydroxylamine groups is 4. The number of amides is 3. The van der Waals surface area contributed by atoms with E-state index in [1.807, 2.05) is 76.4 Å². The summed E-state index contributed by atoms with van der Waals surface area (Å²) in [6, 6.07) is 34.1. The highest BCUT2D eigenvalue weighted by Gasteiger charge is 2.50. The van der Waals surface area contributed by atoms with Gasteiger partial charge in [-0.2, -0.15) is 21.4 Å². The number of fused-ring (bicyclic) bond motifs is 4. The zero-order valence-corrected chi connectivity index (χ0v) is 76.1. The number of para-hydroxylation sites is 1. The van der Waals surface area contributed by atoms with Gasteiger partial charge < -0.3 is 24.2 Å². The molecule has 0 spiro atoms. The van der Waals surface area contributed by atoms with Crippen LogP contribution in [0.25, 0.3) is 0 Å². The molecule has 0 saturated carbocycles. The average Bonchev–Trinajstić information content (AvgIpc) is 1.58. The van der Waals surface area contributed by atoms with Crippen LogP contribution in [0.2, 0.25) is 0 Å². The molecule has 0 bridgehead atoms. The molecule has 0 radical (unpaired) electrons. The Labute approximate surface area is 735 Å². The maximum absolute atomic E-state index is 13.1. The standard InChI is InChI=1S/C41H48N4O7S.C31H30N2O9S2.C16H23N3O5S.O3S/c1-8-10-23-44-27-30(38(46)43(6)52-7)24-33-37(44)42-35(40(33,3)4)14-12-11-13-15-36-41(5,26-28-16-18-29(19-17-28)39(47)48)32-25-31(53(49,50)51)20-21-34(32)45(36)22-9-2;1-22(34)32(25-8-4-3-5-9-25)17-7-6-10-29-31(2,21-23-11-13-24(14-12-23)30(35)36)27-20-26(44(40,41)42)15-16-28(27)33(29)18-19-43(37,38)39;1-11-16(2,3)13-9-12(15(20)18(4)24-5)10-19(14(13)17-11)7-6-8-25(21,22)23;1-4(2)3/h11-21,24-25,27H,8-10,22-23,26H2,1-7H3,(H-,47,48,49,50,51);3-17,20H,18-19,21H2,1-2H3,(H2-,35,36,37,38,39,40,41,42);9-10H,6-8H2,1-5H3;/p+1. The van der Waals surface area contributed by atoms with Crippen molar-refractivity contribution in [2.75, 3.05) is 62.7 Å². The number of aromatic nitrogens is 2. The molecule has 0 saturated heterocycles. The maximum Gasteiger partial charge on any atom is 0.425 e. The van der Waals surface area contributed by atoms with Gasteiger partial charge in [0.15, 0.2) is 18.0 Å². The summed E-state index contributed by atoms with van der Waals surface area (Å²) in [5.74, 6) is -2.60. The van der Waals surface area contributed by atoms with Crippen LogP contribution in [0.3, 0.4) is 0 Å². The zero-order valence-electron chi connectivity index (χ0n) is 72.0. The summed E-state index contributed by atoms with van der Waals surface area (Å²) < 4.78 is 167. The summed E-state index contributed by atoms with van der Waals surface area (Å²) in [6.45, 7) is 21.0. The average molecular weight is 1830 g/mol. The van der Waals surface area contributed by atoms with Gasteiger partial charge in [-0.25, -0.2) is 45.7 Å². The molecule has 33 nitrogen and oxygen atoms in total. The van der Waals surface area contributed by atoms with E-state index < -0.39 is 90.8 Å². The van der Waals surface area contributed by atoms with E-state index in [1.165, 1.54) is 74.6 Å². The first-order chi connectivity index (χ1) is 58.9. The number of anilines is 2. The smallest absolute Gasteiger partial charge is 0.425 e. The van der Waals surface area contributed by atoms with Crippen molar-refractivity contribution in [3.8, 4) is 0 Å². The van der Waals surface area contributed by atoms with Crippen molar-refractivity contribution in [2.45, 2.75) is 152 Å². The normalized spacial score (nSPS) is 17.0. The summed E-state index contributed by atoms with van der Waals surface area (Å²) >= 11 is 0. The second-order valence-corrected chi connectivity index (χ2v) is 37.7. The fraction of sp³-hybridized carbons (Fsp3) is 0.341. The van der Waals surface area contributed by atoms with Gasteiger partial charge in [0.05, 0.1) is 103 Å². The highest BCUT2D eigenvalue weighted by Crippen LogP contribution is 2.51. The van der Waals surface area contributed by atoms with E-state index in [2.05, 4.69) is 42.2 Å². The number of nitrogens with zero attached hydrogens (tertiary/aromatic N) is 9. The van der Waals surface area contributed by atoms with E-state index in [-0.39, 0.29) is 70.0 Å². The van der Waals surface area contributed by atoms with E-state index in [0.29, 0.717) is 58.1 Å². The van der Waals surface area contributed by atoms with E-state index in [4.69, 9.17) is 27.3 Å². The number of hydrogen-bond donors (Lipinski definition) is 4. The largest absolute Gasteiger partial charge is 0.748 e. The molecule has 2 atom stereocenters. The lowest BCUT2D eigenvalue weighted by Crippen LogP contribution is -2.38. The Hall–Kier alpha value is -11.6. The Morgan fingerprint density at radius 2 is 1.04 bits per heavy atom. The Balaban J connectivity index is 0.000000242. The molecule has 3 amide bonds. The van der Waals surface area contributed by atoms with Crippen LogP contribution in [0.1, 0.15) is 170 Å². The SMILES string of the molecule is CC(=O)N(/C=C/C=C/C1=[N+](CCS(=O)(=O)[O-])c2ccc(S(=O)(=O)O)cc2C1(C)Cc1ccc(C(=O)O)cc1)c1ccccc1.CCCC[n+]1cc(C(=O)N(C)OC)cc2c1N=C(/C=C/C=C/C=C1/N(CCC)c3ccc(S(=O)(=O)O)cc3C1(C)Cc1ccc(C(=O)O)cc1)C2(C)C.CON(C)C(=O)c1cc2c([n+](CCCS(=O)(=O)[O-])c1)N=C(C)C2(C)C.O=S(=O)=O. The number of carbonyl (C=O) groups is 5. The molecule has 7 aromatic rings. The van der Waals surface area contributed by atoms with Crippen LogP contribution < -0.4 is 18.9 Å². The number of allylic oxidation sites excluding steroid dienone is 9. The molecule has 4 aliphatic heterocycles. The number of carboxylic acids is 2. The van der Waals surface area contributed by atoms with Crippen LogP contribution >= 0.6 is 0 Å². The quantitative estimate of drug-likeness (QED) is 0.0136. The van der Waals surface area contributed by atoms with Gasteiger partial charge in [0.1, 0.15) is 28.2 Å². The lowest BCUT2D eigenvalue weighted by atomic mass is 9.74. The molecule has 38 heteroatoms. The third kappa shape index (κ3) is 24.4. The van der Waals surface area contributed by atoms with Gasteiger partial charge >= 0.3 is 34.2 Å². The maximum atomic E-state index is 13.1.